The van der Waals surface area contributed by atoms with Gasteiger partial charge in [0.05, 0.1) is 0 Å². The lowest BCUT2D eigenvalue weighted by Gasteiger charge is -2.26. The average molecular weight is 273 g/mol. The number of anilines is 1. The van der Waals surface area contributed by atoms with Gasteiger partial charge in [0.1, 0.15) is 0 Å². The molecule has 19 heavy (non-hydrogen) atoms. The Morgan fingerprint density at radius 1 is 1.11 bits per heavy atom. The molecule has 0 atom stereocenters. The molecule has 0 spiro atoms. The summed E-state index contributed by atoms with van der Waals surface area (Å²) in [6, 6.07) is 9.66. The number of hydrogen-bond donors (Lipinski definition) is 0. The van der Waals surface area contributed by atoms with Gasteiger partial charge in [-0.05, 0) is 12.1 Å². The standard InChI is InChI=1S/C14H15N3OS/c18-14-13(16-8-10-19-11-9-16)15-6-7-17(14)12-4-2-1-3-5-12/h1-7H,8-11H2. The monoisotopic (exact) mass is 273 g/mol. The minimum Gasteiger partial charge on any atom is -0.350 e. The maximum atomic E-state index is 12.5. The topological polar surface area (TPSA) is 38.1 Å². The fourth-order valence-electron chi connectivity index (χ4n) is 2.19. The van der Waals surface area contributed by atoms with Crippen molar-refractivity contribution in [1.29, 1.82) is 0 Å². The van der Waals surface area contributed by atoms with Crippen molar-refractivity contribution in [1.82, 2.24) is 9.55 Å². The van der Waals surface area contributed by atoms with Crippen molar-refractivity contribution >= 4 is 17.6 Å². The molecule has 98 valence electrons. The van der Waals surface area contributed by atoms with Crippen LogP contribution in [0.2, 0.25) is 0 Å². The van der Waals surface area contributed by atoms with Crippen molar-refractivity contribution in [3.05, 3.63) is 53.1 Å². The van der Waals surface area contributed by atoms with E-state index in [9.17, 15) is 4.79 Å². The molecule has 1 aliphatic rings. The van der Waals surface area contributed by atoms with Crippen molar-refractivity contribution < 1.29 is 0 Å². The highest BCUT2D eigenvalue weighted by Crippen LogP contribution is 2.14. The van der Waals surface area contributed by atoms with E-state index in [2.05, 4.69) is 9.88 Å². The molecule has 0 aliphatic carbocycles. The predicted octanol–water partition coefficient (Wildman–Crippen LogP) is 1.79. The Balaban J connectivity index is 2.02. The number of nitrogens with zero attached hydrogens (tertiary/aromatic N) is 3. The number of rotatable bonds is 2. The molecule has 1 aliphatic heterocycles. The molecule has 0 N–H and O–H groups in total. The molecule has 0 saturated carbocycles. The Labute approximate surface area is 116 Å². The number of hydrogen-bond acceptors (Lipinski definition) is 4. The molecule has 1 saturated heterocycles. The zero-order valence-corrected chi connectivity index (χ0v) is 11.3. The van der Waals surface area contributed by atoms with Crippen LogP contribution in [0.3, 0.4) is 0 Å². The molecule has 3 rings (SSSR count). The fraction of sp³-hybridized carbons (Fsp3) is 0.286. The summed E-state index contributed by atoms with van der Waals surface area (Å²) in [5, 5.41) is 0. The molecule has 2 aromatic rings. The van der Waals surface area contributed by atoms with Crippen LogP contribution in [0.1, 0.15) is 0 Å². The predicted molar refractivity (Wildman–Crippen MR) is 79.4 cm³/mol. The van der Waals surface area contributed by atoms with Gasteiger partial charge in [0.2, 0.25) is 0 Å². The van der Waals surface area contributed by atoms with Gasteiger partial charge in [-0.3, -0.25) is 9.36 Å². The van der Waals surface area contributed by atoms with E-state index in [1.807, 2.05) is 42.1 Å². The first-order valence-electron chi connectivity index (χ1n) is 6.32. The molecule has 1 aromatic carbocycles. The summed E-state index contributed by atoms with van der Waals surface area (Å²) in [5.74, 6) is 2.68. The molecule has 0 bridgehead atoms. The van der Waals surface area contributed by atoms with Crippen LogP contribution < -0.4 is 10.5 Å². The summed E-state index contributed by atoms with van der Waals surface area (Å²) in [6.45, 7) is 1.79. The maximum Gasteiger partial charge on any atom is 0.298 e. The van der Waals surface area contributed by atoms with E-state index < -0.39 is 0 Å². The Bertz CT molecular complexity index is 606. The van der Waals surface area contributed by atoms with Gasteiger partial charge in [-0.25, -0.2) is 4.98 Å². The van der Waals surface area contributed by atoms with Gasteiger partial charge < -0.3 is 4.90 Å². The molecule has 0 amide bonds. The highest BCUT2D eigenvalue weighted by molar-refractivity contribution is 7.99. The van der Waals surface area contributed by atoms with Crippen molar-refractivity contribution in [3.8, 4) is 5.69 Å². The summed E-state index contributed by atoms with van der Waals surface area (Å²) in [4.78, 5) is 18.9. The maximum absolute atomic E-state index is 12.5. The van der Waals surface area contributed by atoms with Gasteiger partial charge in [0.25, 0.3) is 5.56 Å². The van der Waals surface area contributed by atoms with Crippen molar-refractivity contribution in [3.63, 3.8) is 0 Å². The number of benzene rings is 1. The summed E-state index contributed by atoms with van der Waals surface area (Å²) < 4.78 is 1.66. The summed E-state index contributed by atoms with van der Waals surface area (Å²) >= 11 is 1.92. The molecule has 0 radical (unpaired) electrons. The largest absolute Gasteiger partial charge is 0.350 e. The van der Waals surface area contributed by atoms with Gasteiger partial charge in [-0.1, -0.05) is 18.2 Å². The van der Waals surface area contributed by atoms with Crippen LogP contribution in [0.25, 0.3) is 5.69 Å². The lowest BCUT2D eigenvalue weighted by Crippen LogP contribution is -2.38. The highest BCUT2D eigenvalue weighted by Gasteiger charge is 2.16. The third kappa shape index (κ3) is 2.51. The fourth-order valence-corrected chi connectivity index (χ4v) is 3.09. The van der Waals surface area contributed by atoms with Gasteiger partial charge in [-0.15, -0.1) is 0 Å². The van der Waals surface area contributed by atoms with Crippen LogP contribution in [0.5, 0.6) is 0 Å². The molecular formula is C14H15N3OS. The molecule has 2 heterocycles. The van der Waals surface area contributed by atoms with E-state index in [1.165, 1.54) is 0 Å². The van der Waals surface area contributed by atoms with E-state index in [0.29, 0.717) is 5.82 Å². The minimum absolute atomic E-state index is 0.0411. The first-order valence-corrected chi connectivity index (χ1v) is 7.47. The Morgan fingerprint density at radius 3 is 2.58 bits per heavy atom. The van der Waals surface area contributed by atoms with Crippen LogP contribution in [0.4, 0.5) is 5.82 Å². The van der Waals surface area contributed by atoms with E-state index in [-0.39, 0.29) is 5.56 Å². The van der Waals surface area contributed by atoms with E-state index >= 15 is 0 Å². The van der Waals surface area contributed by atoms with Gasteiger partial charge in [-0.2, -0.15) is 11.8 Å². The summed E-state index contributed by atoms with van der Waals surface area (Å²) in [5.41, 5.74) is 0.836. The lowest BCUT2D eigenvalue weighted by atomic mass is 10.3. The third-order valence-electron chi connectivity index (χ3n) is 3.17. The zero-order valence-electron chi connectivity index (χ0n) is 10.5. The second-order valence-electron chi connectivity index (χ2n) is 4.36. The van der Waals surface area contributed by atoms with Crippen molar-refractivity contribution in [2.24, 2.45) is 0 Å². The Morgan fingerprint density at radius 2 is 1.84 bits per heavy atom. The number of aromatic nitrogens is 2. The van der Waals surface area contributed by atoms with Crippen molar-refractivity contribution in [2.45, 2.75) is 0 Å². The summed E-state index contributed by atoms with van der Waals surface area (Å²) in [7, 11) is 0. The number of thioether (sulfide) groups is 1. The molecule has 1 fully saturated rings. The third-order valence-corrected chi connectivity index (χ3v) is 4.11. The Kier molecular flexibility index (Phi) is 3.55. The minimum atomic E-state index is -0.0411. The van der Waals surface area contributed by atoms with E-state index in [4.69, 9.17) is 0 Å². The molecule has 5 heteroatoms. The lowest BCUT2D eigenvalue weighted by molar-refractivity contribution is 0.810. The molecular weight excluding hydrogens is 258 g/mol. The quantitative estimate of drug-likeness (QED) is 0.836. The van der Waals surface area contributed by atoms with Gasteiger partial charge in [0, 0.05) is 42.7 Å². The van der Waals surface area contributed by atoms with Gasteiger partial charge in [0.15, 0.2) is 5.82 Å². The van der Waals surface area contributed by atoms with Crippen LogP contribution in [0.15, 0.2) is 47.5 Å². The van der Waals surface area contributed by atoms with Crippen LogP contribution >= 0.6 is 11.8 Å². The molecule has 4 nitrogen and oxygen atoms in total. The second kappa shape index (κ2) is 5.48. The molecule has 1 aromatic heterocycles. The van der Waals surface area contributed by atoms with Crippen LogP contribution in [0, 0.1) is 0 Å². The first kappa shape index (κ1) is 12.3. The van der Waals surface area contributed by atoms with Crippen LogP contribution in [-0.2, 0) is 0 Å². The molecule has 0 unspecified atom stereocenters. The first-order chi connectivity index (χ1) is 9.36. The number of para-hydroxylation sites is 1. The van der Waals surface area contributed by atoms with E-state index in [1.54, 1.807) is 17.0 Å². The SMILES string of the molecule is O=c1c(N2CCSCC2)nccn1-c1ccccc1. The van der Waals surface area contributed by atoms with Crippen molar-refractivity contribution in [2.75, 3.05) is 29.5 Å². The van der Waals surface area contributed by atoms with Crippen LogP contribution in [-0.4, -0.2) is 34.1 Å². The Hall–Kier alpha value is -1.75. The van der Waals surface area contributed by atoms with Gasteiger partial charge >= 0.3 is 0 Å². The summed E-state index contributed by atoms with van der Waals surface area (Å²) in [6.07, 6.45) is 3.42. The normalized spacial score (nSPS) is 15.5. The average Bonchev–Trinajstić information content (AvgIpc) is 2.49. The second-order valence-corrected chi connectivity index (χ2v) is 5.59. The zero-order chi connectivity index (χ0) is 13.1. The highest BCUT2D eigenvalue weighted by atomic mass is 32.2. The smallest absolute Gasteiger partial charge is 0.298 e. The van der Waals surface area contributed by atoms with E-state index in [0.717, 1.165) is 30.3 Å².